The minimum absolute atomic E-state index is 0.0591. The molecule has 0 fully saturated rings. The summed E-state index contributed by atoms with van der Waals surface area (Å²) >= 11 is 0. The van der Waals surface area contributed by atoms with Crippen molar-refractivity contribution >= 4 is 17.3 Å². The van der Waals surface area contributed by atoms with E-state index in [2.05, 4.69) is 12.2 Å². The molecule has 6 heteroatoms. The maximum Gasteiger partial charge on any atom is 0.293 e. The normalized spacial score (nSPS) is 10.2. The van der Waals surface area contributed by atoms with E-state index in [4.69, 9.17) is 0 Å². The number of benzene rings is 1. The van der Waals surface area contributed by atoms with Crippen LogP contribution in [0, 0.1) is 10.1 Å². The van der Waals surface area contributed by atoms with Crippen LogP contribution >= 0.6 is 0 Å². The smallest absolute Gasteiger partial charge is 0.293 e. The monoisotopic (exact) mass is 279 g/mol. The number of nitro groups is 1. The molecule has 20 heavy (non-hydrogen) atoms. The van der Waals surface area contributed by atoms with Gasteiger partial charge in [-0.2, -0.15) is 0 Å². The first kappa shape index (κ1) is 15.9. The molecule has 1 rings (SSSR count). The Kier molecular flexibility index (Phi) is 5.96. The van der Waals surface area contributed by atoms with E-state index < -0.39 is 4.92 Å². The van der Waals surface area contributed by atoms with Crippen molar-refractivity contribution in [2.45, 2.75) is 26.2 Å². The molecule has 110 valence electrons. The predicted octanol–water partition coefficient (Wildman–Crippen LogP) is 2.58. The van der Waals surface area contributed by atoms with Gasteiger partial charge in [-0.15, -0.1) is 0 Å². The molecule has 0 heterocycles. The number of rotatable bonds is 7. The molecule has 0 aliphatic rings. The lowest BCUT2D eigenvalue weighted by atomic mass is 10.1. The van der Waals surface area contributed by atoms with Crippen LogP contribution in [0.25, 0.3) is 0 Å². The Hall–Kier alpha value is -2.11. The standard InChI is InChI=1S/C14H21N3O3/c1-4-5-6-9-15-14(18)11-7-8-12(16(2)3)13(10-11)17(19)20/h7-8,10H,4-6,9H2,1-3H3,(H,15,18). The number of nitro benzene ring substituents is 1. The SMILES string of the molecule is CCCCCNC(=O)c1ccc(N(C)C)c([N+](=O)[O-])c1. The Balaban J connectivity index is 2.83. The summed E-state index contributed by atoms with van der Waals surface area (Å²) in [5, 5.41) is 13.8. The largest absolute Gasteiger partial charge is 0.372 e. The van der Waals surface area contributed by atoms with Crippen molar-refractivity contribution in [3.05, 3.63) is 33.9 Å². The van der Waals surface area contributed by atoms with Crippen molar-refractivity contribution in [2.24, 2.45) is 0 Å². The molecule has 0 aliphatic heterocycles. The van der Waals surface area contributed by atoms with Gasteiger partial charge in [0.05, 0.1) is 4.92 Å². The van der Waals surface area contributed by atoms with Gasteiger partial charge >= 0.3 is 0 Å². The molecule has 0 atom stereocenters. The fourth-order valence-electron chi connectivity index (χ4n) is 1.87. The molecule has 0 unspecified atom stereocenters. The molecule has 1 aromatic rings. The van der Waals surface area contributed by atoms with Gasteiger partial charge in [0, 0.05) is 32.3 Å². The summed E-state index contributed by atoms with van der Waals surface area (Å²) in [4.78, 5) is 24.1. The van der Waals surface area contributed by atoms with Crippen LogP contribution in [0.5, 0.6) is 0 Å². The number of amides is 1. The van der Waals surface area contributed by atoms with Crippen molar-refractivity contribution in [2.75, 3.05) is 25.5 Å². The van der Waals surface area contributed by atoms with Crippen molar-refractivity contribution in [3.8, 4) is 0 Å². The molecule has 0 aliphatic carbocycles. The number of carbonyl (C=O) groups is 1. The number of hydrogen-bond donors (Lipinski definition) is 1. The Labute approximate surface area is 118 Å². The molecular weight excluding hydrogens is 258 g/mol. The van der Waals surface area contributed by atoms with Gasteiger partial charge in [-0.1, -0.05) is 19.8 Å². The molecule has 0 bridgehead atoms. The average molecular weight is 279 g/mol. The van der Waals surface area contributed by atoms with Crippen LogP contribution in [0.15, 0.2) is 18.2 Å². The third kappa shape index (κ3) is 4.22. The summed E-state index contributed by atoms with van der Waals surface area (Å²) in [7, 11) is 3.46. The molecule has 6 nitrogen and oxygen atoms in total. The van der Waals surface area contributed by atoms with Gasteiger partial charge in [0.15, 0.2) is 0 Å². The van der Waals surface area contributed by atoms with Crippen LogP contribution in [0.2, 0.25) is 0 Å². The van der Waals surface area contributed by atoms with E-state index in [1.165, 1.54) is 6.07 Å². The van der Waals surface area contributed by atoms with Gasteiger partial charge in [0.1, 0.15) is 5.69 Å². The van der Waals surface area contributed by atoms with Crippen LogP contribution in [0.3, 0.4) is 0 Å². The van der Waals surface area contributed by atoms with E-state index in [0.717, 1.165) is 19.3 Å². The highest BCUT2D eigenvalue weighted by atomic mass is 16.6. The summed E-state index contributed by atoms with van der Waals surface area (Å²) in [5.41, 5.74) is 0.743. The maximum absolute atomic E-state index is 11.9. The Morgan fingerprint density at radius 1 is 1.35 bits per heavy atom. The molecule has 0 aromatic heterocycles. The fraction of sp³-hybridized carbons (Fsp3) is 0.500. The third-order valence-electron chi connectivity index (χ3n) is 2.98. The van der Waals surface area contributed by atoms with Gasteiger partial charge in [0.25, 0.3) is 11.6 Å². The summed E-state index contributed by atoms with van der Waals surface area (Å²) in [5.74, 6) is -0.269. The number of hydrogen-bond acceptors (Lipinski definition) is 4. The zero-order chi connectivity index (χ0) is 15.1. The van der Waals surface area contributed by atoms with Gasteiger partial charge < -0.3 is 10.2 Å². The average Bonchev–Trinajstić information content (AvgIpc) is 2.42. The molecule has 0 saturated heterocycles. The van der Waals surface area contributed by atoms with Crippen molar-refractivity contribution in [1.29, 1.82) is 0 Å². The second-order valence-electron chi connectivity index (χ2n) is 4.82. The predicted molar refractivity (Wildman–Crippen MR) is 79.3 cm³/mol. The summed E-state index contributed by atoms with van der Waals surface area (Å²) in [6, 6.07) is 4.53. The first-order chi connectivity index (χ1) is 9.47. The zero-order valence-electron chi connectivity index (χ0n) is 12.2. The Morgan fingerprint density at radius 2 is 2.05 bits per heavy atom. The summed E-state index contributed by atoms with van der Waals surface area (Å²) in [6.45, 7) is 2.68. The highest BCUT2D eigenvalue weighted by molar-refractivity contribution is 5.95. The minimum Gasteiger partial charge on any atom is -0.372 e. The summed E-state index contributed by atoms with van der Waals surface area (Å²) in [6.07, 6.45) is 3.05. The third-order valence-corrected chi connectivity index (χ3v) is 2.98. The molecule has 0 saturated carbocycles. The van der Waals surface area contributed by atoms with Crippen LogP contribution in [0.1, 0.15) is 36.5 Å². The molecule has 1 amide bonds. The van der Waals surface area contributed by atoms with Gasteiger partial charge in [-0.25, -0.2) is 0 Å². The van der Waals surface area contributed by atoms with E-state index in [1.807, 2.05) is 0 Å². The number of unbranched alkanes of at least 4 members (excludes halogenated alkanes) is 2. The van der Waals surface area contributed by atoms with Crippen LogP contribution in [-0.4, -0.2) is 31.5 Å². The van der Waals surface area contributed by atoms with Crippen LogP contribution < -0.4 is 10.2 Å². The fourth-order valence-corrected chi connectivity index (χ4v) is 1.87. The number of nitrogens with one attached hydrogen (secondary N) is 1. The topological polar surface area (TPSA) is 75.5 Å². The second kappa shape index (κ2) is 7.47. The van der Waals surface area contributed by atoms with E-state index in [1.54, 1.807) is 31.1 Å². The van der Waals surface area contributed by atoms with E-state index >= 15 is 0 Å². The first-order valence-electron chi connectivity index (χ1n) is 6.71. The van der Waals surface area contributed by atoms with Gasteiger partial charge in [-0.05, 0) is 18.6 Å². The lowest BCUT2D eigenvalue weighted by molar-refractivity contribution is -0.384. The highest BCUT2D eigenvalue weighted by Gasteiger charge is 2.18. The zero-order valence-corrected chi connectivity index (χ0v) is 12.2. The van der Waals surface area contributed by atoms with Crippen molar-refractivity contribution < 1.29 is 9.72 Å². The lowest BCUT2D eigenvalue weighted by Gasteiger charge is -2.13. The van der Waals surface area contributed by atoms with Gasteiger partial charge in [-0.3, -0.25) is 14.9 Å². The molecular formula is C14H21N3O3. The molecule has 0 radical (unpaired) electrons. The molecule has 0 spiro atoms. The maximum atomic E-state index is 11.9. The first-order valence-corrected chi connectivity index (χ1v) is 6.71. The van der Waals surface area contributed by atoms with Crippen molar-refractivity contribution in [1.82, 2.24) is 5.32 Å². The van der Waals surface area contributed by atoms with Gasteiger partial charge in [0.2, 0.25) is 0 Å². The Morgan fingerprint density at radius 3 is 2.60 bits per heavy atom. The highest BCUT2D eigenvalue weighted by Crippen LogP contribution is 2.27. The van der Waals surface area contributed by atoms with E-state index in [-0.39, 0.29) is 11.6 Å². The quantitative estimate of drug-likeness (QED) is 0.473. The van der Waals surface area contributed by atoms with E-state index in [0.29, 0.717) is 17.8 Å². The van der Waals surface area contributed by atoms with Crippen LogP contribution in [0.4, 0.5) is 11.4 Å². The van der Waals surface area contributed by atoms with Crippen molar-refractivity contribution in [3.63, 3.8) is 0 Å². The number of anilines is 1. The number of carbonyl (C=O) groups excluding carboxylic acids is 1. The second-order valence-corrected chi connectivity index (χ2v) is 4.82. The Bertz CT molecular complexity index is 487. The molecule has 1 N–H and O–H groups in total. The summed E-state index contributed by atoms with van der Waals surface area (Å²) < 4.78 is 0. The molecule has 1 aromatic carbocycles. The minimum atomic E-state index is -0.469. The lowest BCUT2D eigenvalue weighted by Crippen LogP contribution is -2.24. The van der Waals surface area contributed by atoms with Crippen LogP contribution in [-0.2, 0) is 0 Å². The number of nitrogens with zero attached hydrogens (tertiary/aromatic N) is 2. The van der Waals surface area contributed by atoms with E-state index in [9.17, 15) is 14.9 Å².